The number of fused-ring (bicyclic) bond motifs is 1. The first-order valence-electron chi connectivity index (χ1n) is 8.81. The van der Waals surface area contributed by atoms with E-state index in [0.717, 1.165) is 54.0 Å². The van der Waals surface area contributed by atoms with Gasteiger partial charge in [0.25, 0.3) is 0 Å². The number of hydrogen-bond donors (Lipinski definition) is 1. The minimum absolute atomic E-state index is 0.145. The van der Waals surface area contributed by atoms with E-state index in [1.165, 1.54) is 5.56 Å². The monoisotopic (exact) mass is 412 g/mol. The first kappa shape index (κ1) is 17.4. The van der Waals surface area contributed by atoms with E-state index in [1.807, 2.05) is 18.2 Å². The normalized spacial score (nSPS) is 16.5. The first-order valence-corrected chi connectivity index (χ1v) is 9.61. The lowest BCUT2D eigenvalue weighted by molar-refractivity contribution is 0.0361. The molecule has 5 nitrogen and oxygen atoms in total. The molecule has 1 atom stereocenters. The number of aromatic nitrogens is 2. The molecule has 0 amide bonds. The third-order valence-electron chi connectivity index (χ3n) is 4.65. The van der Waals surface area contributed by atoms with Gasteiger partial charge in [-0.25, -0.2) is 9.97 Å². The van der Waals surface area contributed by atoms with Crippen molar-refractivity contribution in [2.45, 2.75) is 6.04 Å². The molecule has 26 heavy (non-hydrogen) atoms. The van der Waals surface area contributed by atoms with Crippen LogP contribution in [0, 0.1) is 0 Å². The summed E-state index contributed by atoms with van der Waals surface area (Å²) in [5.74, 6) is 0.860. The fraction of sp³-hybridized carbons (Fsp3) is 0.300. The van der Waals surface area contributed by atoms with Crippen LogP contribution in [0.2, 0.25) is 0 Å². The molecule has 0 bridgehead atoms. The Kier molecular flexibility index (Phi) is 5.43. The summed E-state index contributed by atoms with van der Waals surface area (Å²) in [6.07, 6.45) is 1.62. The molecule has 1 saturated heterocycles. The number of morpholine rings is 1. The lowest BCUT2D eigenvalue weighted by atomic mass is 10.1. The van der Waals surface area contributed by atoms with E-state index in [-0.39, 0.29) is 6.04 Å². The number of nitrogens with zero attached hydrogens (tertiary/aromatic N) is 3. The topological polar surface area (TPSA) is 50.3 Å². The van der Waals surface area contributed by atoms with Crippen LogP contribution >= 0.6 is 15.9 Å². The molecule has 134 valence electrons. The maximum Gasteiger partial charge on any atom is 0.137 e. The summed E-state index contributed by atoms with van der Waals surface area (Å²) in [6, 6.07) is 16.8. The van der Waals surface area contributed by atoms with Crippen LogP contribution in [0.4, 0.5) is 5.82 Å². The number of nitrogens with one attached hydrogen (secondary N) is 1. The first-order chi connectivity index (χ1) is 12.8. The Bertz CT molecular complexity index is 868. The number of benzene rings is 2. The van der Waals surface area contributed by atoms with Crippen molar-refractivity contribution in [3.8, 4) is 0 Å². The number of rotatable bonds is 5. The van der Waals surface area contributed by atoms with Gasteiger partial charge >= 0.3 is 0 Å². The Balaban J connectivity index is 1.65. The highest BCUT2D eigenvalue weighted by Gasteiger charge is 2.19. The molecule has 0 aliphatic carbocycles. The van der Waals surface area contributed by atoms with Crippen LogP contribution in [0.15, 0.2) is 59.3 Å². The van der Waals surface area contributed by atoms with Gasteiger partial charge in [0.2, 0.25) is 0 Å². The van der Waals surface area contributed by atoms with Crippen molar-refractivity contribution in [1.29, 1.82) is 0 Å². The molecule has 1 N–H and O–H groups in total. The van der Waals surface area contributed by atoms with E-state index in [0.29, 0.717) is 0 Å². The van der Waals surface area contributed by atoms with E-state index in [2.05, 4.69) is 66.4 Å². The third kappa shape index (κ3) is 4.03. The summed E-state index contributed by atoms with van der Waals surface area (Å²) >= 11 is 3.55. The van der Waals surface area contributed by atoms with Gasteiger partial charge in [-0.05, 0) is 23.8 Å². The van der Waals surface area contributed by atoms with E-state index in [1.54, 1.807) is 6.33 Å². The molecule has 3 aromatic rings. The second-order valence-corrected chi connectivity index (χ2v) is 7.32. The standard InChI is InChI=1S/C20H21BrN4O/c21-16-6-7-18-17(12-16)20(23-14-22-18)24-19(15-4-2-1-3-5-15)13-25-8-10-26-11-9-25/h1-7,12,14,19H,8-11,13H2,(H,22,23,24). The van der Waals surface area contributed by atoms with Gasteiger partial charge in [0.15, 0.2) is 0 Å². The van der Waals surface area contributed by atoms with Crippen LogP contribution in [0.25, 0.3) is 10.9 Å². The molecular formula is C20H21BrN4O. The summed E-state index contributed by atoms with van der Waals surface area (Å²) in [5, 5.41) is 4.68. The number of halogens is 1. The van der Waals surface area contributed by atoms with Gasteiger partial charge in [0.05, 0.1) is 24.8 Å². The number of anilines is 1. The lowest BCUT2D eigenvalue weighted by Gasteiger charge is -2.31. The maximum absolute atomic E-state index is 5.49. The third-order valence-corrected chi connectivity index (χ3v) is 5.15. The number of ether oxygens (including phenoxy) is 1. The summed E-state index contributed by atoms with van der Waals surface area (Å²) in [4.78, 5) is 11.3. The molecule has 2 aromatic carbocycles. The average molecular weight is 413 g/mol. The van der Waals surface area contributed by atoms with Crippen molar-refractivity contribution in [1.82, 2.24) is 14.9 Å². The van der Waals surface area contributed by atoms with Crippen LogP contribution in [0.5, 0.6) is 0 Å². The highest BCUT2D eigenvalue weighted by Crippen LogP contribution is 2.27. The quantitative estimate of drug-likeness (QED) is 0.688. The molecule has 1 aromatic heterocycles. The molecule has 4 rings (SSSR count). The van der Waals surface area contributed by atoms with Crippen LogP contribution in [-0.4, -0.2) is 47.7 Å². The SMILES string of the molecule is Brc1ccc2ncnc(NC(CN3CCOCC3)c3ccccc3)c2c1. The summed E-state index contributed by atoms with van der Waals surface area (Å²) in [7, 11) is 0. The largest absolute Gasteiger partial charge is 0.379 e. The second kappa shape index (κ2) is 8.12. The Hall–Kier alpha value is -2.02. The number of hydrogen-bond acceptors (Lipinski definition) is 5. The second-order valence-electron chi connectivity index (χ2n) is 6.40. The fourth-order valence-corrected chi connectivity index (χ4v) is 3.63. The lowest BCUT2D eigenvalue weighted by Crippen LogP contribution is -2.40. The molecule has 1 aliphatic rings. The van der Waals surface area contributed by atoms with Gasteiger partial charge in [0.1, 0.15) is 12.1 Å². The Labute approximate surface area is 161 Å². The van der Waals surface area contributed by atoms with E-state index in [9.17, 15) is 0 Å². The van der Waals surface area contributed by atoms with Gasteiger partial charge in [0, 0.05) is 29.5 Å². The van der Waals surface area contributed by atoms with Gasteiger partial charge in [-0.15, -0.1) is 0 Å². The van der Waals surface area contributed by atoms with Crippen LogP contribution in [0.1, 0.15) is 11.6 Å². The molecule has 0 radical (unpaired) electrons. The molecule has 6 heteroatoms. The maximum atomic E-state index is 5.49. The molecular weight excluding hydrogens is 392 g/mol. The fourth-order valence-electron chi connectivity index (χ4n) is 3.27. The summed E-state index contributed by atoms with van der Waals surface area (Å²) < 4.78 is 6.51. The van der Waals surface area contributed by atoms with Gasteiger partial charge < -0.3 is 10.1 Å². The summed E-state index contributed by atoms with van der Waals surface area (Å²) in [6.45, 7) is 4.42. The van der Waals surface area contributed by atoms with Crippen LogP contribution in [0.3, 0.4) is 0 Å². The predicted molar refractivity (Wildman–Crippen MR) is 107 cm³/mol. The minimum Gasteiger partial charge on any atom is -0.379 e. The van der Waals surface area contributed by atoms with E-state index < -0.39 is 0 Å². The van der Waals surface area contributed by atoms with Crippen molar-refractivity contribution in [3.63, 3.8) is 0 Å². The zero-order valence-corrected chi connectivity index (χ0v) is 16.0. The van der Waals surface area contributed by atoms with Gasteiger partial charge in [-0.1, -0.05) is 46.3 Å². The Morgan fingerprint density at radius 2 is 1.88 bits per heavy atom. The summed E-state index contributed by atoms with van der Waals surface area (Å²) in [5.41, 5.74) is 2.18. The van der Waals surface area contributed by atoms with E-state index in [4.69, 9.17) is 4.74 Å². The molecule has 1 fully saturated rings. The molecule has 1 unspecified atom stereocenters. The highest BCUT2D eigenvalue weighted by molar-refractivity contribution is 9.10. The Morgan fingerprint density at radius 3 is 2.69 bits per heavy atom. The molecule has 0 saturated carbocycles. The zero-order chi connectivity index (χ0) is 17.8. The molecule has 2 heterocycles. The molecule has 1 aliphatic heterocycles. The Morgan fingerprint density at radius 1 is 1.08 bits per heavy atom. The highest BCUT2D eigenvalue weighted by atomic mass is 79.9. The average Bonchev–Trinajstić information content (AvgIpc) is 2.69. The van der Waals surface area contributed by atoms with Crippen molar-refractivity contribution < 1.29 is 4.74 Å². The van der Waals surface area contributed by atoms with Gasteiger partial charge in [-0.3, -0.25) is 4.90 Å². The van der Waals surface area contributed by atoms with Crippen molar-refractivity contribution in [2.24, 2.45) is 0 Å². The van der Waals surface area contributed by atoms with Crippen LogP contribution < -0.4 is 5.32 Å². The van der Waals surface area contributed by atoms with Crippen molar-refractivity contribution in [2.75, 3.05) is 38.2 Å². The van der Waals surface area contributed by atoms with Crippen LogP contribution in [-0.2, 0) is 4.74 Å². The van der Waals surface area contributed by atoms with Gasteiger partial charge in [-0.2, -0.15) is 0 Å². The van der Waals surface area contributed by atoms with Crippen molar-refractivity contribution >= 4 is 32.7 Å². The zero-order valence-electron chi connectivity index (χ0n) is 14.4. The molecule has 0 spiro atoms. The van der Waals surface area contributed by atoms with E-state index >= 15 is 0 Å². The predicted octanol–water partition coefficient (Wildman–Crippen LogP) is 3.88. The van der Waals surface area contributed by atoms with Crippen molar-refractivity contribution in [3.05, 3.63) is 64.9 Å². The smallest absolute Gasteiger partial charge is 0.137 e. The minimum atomic E-state index is 0.145.